The van der Waals surface area contributed by atoms with Crippen LogP contribution < -0.4 is 16.0 Å². The van der Waals surface area contributed by atoms with Crippen molar-refractivity contribution in [2.24, 2.45) is 0 Å². The van der Waals surface area contributed by atoms with Crippen LogP contribution >= 0.6 is 11.6 Å². The van der Waals surface area contributed by atoms with Crippen molar-refractivity contribution in [1.29, 1.82) is 0 Å². The fourth-order valence-corrected chi connectivity index (χ4v) is 2.99. The Bertz CT molecular complexity index is 774. The molecule has 2 aromatic rings. The van der Waals surface area contributed by atoms with Gasteiger partial charge in [-0.3, -0.25) is 9.59 Å². The zero-order valence-electron chi connectivity index (χ0n) is 13.6. The molecule has 1 aliphatic rings. The fourth-order valence-electron chi connectivity index (χ4n) is 2.76. The van der Waals surface area contributed by atoms with E-state index < -0.39 is 11.8 Å². The molecule has 0 spiro atoms. The highest BCUT2D eigenvalue weighted by Crippen LogP contribution is 2.24. The Morgan fingerprint density at radius 1 is 1.00 bits per heavy atom. The number of carbonyl (C=O) groups excluding carboxylic acids is 2. The molecule has 25 heavy (non-hydrogen) atoms. The van der Waals surface area contributed by atoms with Gasteiger partial charge in [-0.25, -0.2) is 0 Å². The first-order valence-corrected chi connectivity index (χ1v) is 8.37. The van der Waals surface area contributed by atoms with Crippen molar-refractivity contribution in [3.05, 3.63) is 53.6 Å². The molecule has 1 aliphatic heterocycles. The van der Waals surface area contributed by atoms with Crippen molar-refractivity contribution >= 4 is 40.5 Å². The van der Waals surface area contributed by atoms with E-state index in [1.165, 1.54) is 6.07 Å². The Kier molecular flexibility index (Phi) is 5.09. The van der Waals surface area contributed by atoms with Crippen LogP contribution in [0.15, 0.2) is 48.5 Å². The molecule has 0 radical (unpaired) electrons. The molecule has 2 amide bonds. The second kappa shape index (κ2) is 7.44. The minimum absolute atomic E-state index is 0.301. The first kappa shape index (κ1) is 17.1. The highest BCUT2D eigenvalue weighted by atomic mass is 35.5. The zero-order valence-corrected chi connectivity index (χ0v) is 14.4. The van der Waals surface area contributed by atoms with Gasteiger partial charge in [0.1, 0.15) is 0 Å². The highest BCUT2D eigenvalue weighted by Gasteiger charge is 2.26. The van der Waals surface area contributed by atoms with Gasteiger partial charge in [0.2, 0.25) is 0 Å². The first-order chi connectivity index (χ1) is 12.0. The van der Waals surface area contributed by atoms with Crippen molar-refractivity contribution in [1.82, 2.24) is 4.90 Å². The van der Waals surface area contributed by atoms with E-state index >= 15 is 0 Å². The summed E-state index contributed by atoms with van der Waals surface area (Å²) in [7, 11) is 0. The second-order valence-corrected chi connectivity index (χ2v) is 6.22. The number of amides is 2. The third kappa shape index (κ3) is 4.03. The molecule has 0 atom stereocenters. The lowest BCUT2D eigenvalue weighted by Crippen LogP contribution is -2.51. The van der Waals surface area contributed by atoms with E-state index in [2.05, 4.69) is 10.2 Å². The van der Waals surface area contributed by atoms with Crippen LogP contribution in [-0.4, -0.2) is 42.9 Å². The van der Waals surface area contributed by atoms with Crippen LogP contribution in [0.4, 0.5) is 17.1 Å². The van der Waals surface area contributed by atoms with Crippen molar-refractivity contribution in [3.8, 4) is 0 Å². The maximum atomic E-state index is 12.4. The Morgan fingerprint density at radius 3 is 2.32 bits per heavy atom. The quantitative estimate of drug-likeness (QED) is 0.637. The molecule has 0 saturated carbocycles. The smallest absolute Gasteiger partial charge is 0.313 e. The molecule has 0 bridgehead atoms. The number of nitrogens with zero attached hydrogens (tertiary/aromatic N) is 2. The maximum Gasteiger partial charge on any atom is 0.313 e. The van der Waals surface area contributed by atoms with Crippen LogP contribution in [0.2, 0.25) is 5.02 Å². The summed E-state index contributed by atoms with van der Waals surface area (Å²) in [5.41, 5.74) is 7.60. The number of hydrogen-bond donors (Lipinski definition) is 2. The summed E-state index contributed by atoms with van der Waals surface area (Å²) in [6, 6.07) is 14.7. The summed E-state index contributed by atoms with van der Waals surface area (Å²) >= 11 is 6.02. The predicted octanol–water partition coefficient (Wildman–Crippen LogP) is 2.21. The average Bonchev–Trinajstić information content (AvgIpc) is 2.64. The molecule has 2 aromatic carbocycles. The van der Waals surface area contributed by atoms with Crippen molar-refractivity contribution in [2.75, 3.05) is 42.1 Å². The number of rotatable bonds is 2. The minimum atomic E-state index is -0.695. The maximum absolute atomic E-state index is 12.4. The summed E-state index contributed by atoms with van der Waals surface area (Å²) in [5, 5.41) is 2.85. The normalized spacial score (nSPS) is 14.3. The van der Waals surface area contributed by atoms with Gasteiger partial charge in [-0.1, -0.05) is 29.8 Å². The van der Waals surface area contributed by atoms with E-state index in [1.807, 2.05) is 30.3 Å². The molecule has 7 heteroatoms. The van der Waals surface area contributed by atoms with Crippen molar-refractivity contribution in [3.63, 3.8) is 0 Å². The van der Waals surface area contributed by atoms with Gasteiger partial charge in [-0.15, -0.1) is 0 Å². The number of nitrogens with two attached hydrogens (primary N) is 1. The van der Waals surface area contributed by atoms with Gasteiger partial charge in [0.15, 0.2) is 0 Å². The topological polar surface area (TPSA) is 78.7 Å². The van der Waals surface area contributed by atoms with Crippen LogP contribution in [0.5, 0.6) is 0 Å². The molecular formula is C18H19ClN4O2. The summed E-state index contributed by atoms with van der Waals surface area (Å²) in [5.74, 6) is -1.25. The molecule has 1 heterocycles. The molecule has 3 rings (SSSR count). The predicted molar refractivity (Wildman–Crippen MR) is 99.7 cm³/mol. The standard InChI is InChI=1S/C18H19ClN4O2/c19-15-12-13(20)6-7-16(15)21-17(24)18(25)23-10-8-22(9-11-23)14-4-2-1-3-5-14/h1-7,12H,8-11,20H2,(H,21,24). The third-order valence-electron chi connectivity index (χ3n) is 4.12. The van der Waals surface area contributed by atoms with Gasteiger partial charge >= 0.3 is 11.8 Å². The van der Waals surface area contributed by atoms with Gasteiger partial charge in [-0.05, 0) is 30.3 Å². The number of benzene rings is 2. The number of carbonyl (C=O) groups is 2. The number of piperazine rings is 1. The van der Waals surface area contributed by atoms with E-state index in [-0.39, 0.29) is 0 Å². The van der Waals surface area contributed by atoms with E-state index in [0.29, 0.717) is 42.6 Å². The number of para-hydroxylation sites is 1. The molecule has 1 fully saturated rings. The molecule has 0 aromatic heterocycles. The van der Waals surface area contributed by atoms with Gasteiger partial charge in [0, 0.05) is 37.6 Å². The fraction of sp³-hybridized carbons (Fsp3) is 0.222. The molecular weight excluding hydrogens is 340 g/mol. The summed E-state index contributed by atoms with van der Waals surface area (Å²) in [6.45, 7) is 2.37. The van der Waals surface area contributed by atoms with Crippen LogP contribution in [0.3, 0.4) is 0 Å². The van der Waals surface area contributed by atoms with Crippen LogP contribution in [0.1, 0.15) is 0 Å². The molecule has 0 aliphatic carbocycles. The van der Waals surface area contributed by atoms with Gasteiger partial charge in [0.05, 0.1) is 10.7 Å². The number of nitrogens with one attached hydrogen (secondary N) is 1. The number of anilines is 3. The lowest BCUT2D eigenvalue weighted by molar-refractivity contribution is -0.143. The van der Waals surface area contributed by atoms with Gasteiger partial charge in [-0.2, -0.15) is 0 Å². The van der Waals surface area contributed by atoms with Gasteiger partial charge < -0.3 is 20.9 Å². The van der Waals surface area contributed by atoms with Gasteiger partial charge in [0.25, 0.3) is 0 Å². The Labute approximate surface area is 151 Å². The average molecular weight is 359 g/mol. The van der Waals surface area contributed by atoms with E-state index in [1.54, 1.807) is 17.0 Å². The first-order valence-electron chi connectivity index (χ1n) is 8.00. The summed E-state index contributed by atoms with van der Waals surface area (Å²) in [6.07, 6.45) is 0. The molecule has 130 valence electrons. The summed E-state index contributed by atoms with van der Waals surface area (Å²) in [4.78, 5) is 28.3. The third-order valence-corrected chi connectivity index (χ3v) is 4.44. The molecule has 0 unspecified atom stereocenters. The minimum Gasteiger partial charge on any atom is -0.399 e. The van der Waals surface area contributed by atoms with Crippen LogP contribution in [0, 0.1) is 0 Å². The molecule has 3 N–H and O–H groups in total. The second-order valence-electron chi connectivity index (χ2n) is 5.81. The SMILES string of the molecule is Nc1ccc(NC(=O)C(=O)N2CCN(c3ccccc3)CC2)c(Cl)c1. The lowest BCUT2D eigenvalue weighted by Gasteiger charge is -2.35. The highest BCUT2D eigenvalue weighted by molar-refractivity contribution is 6.41. The van der Waals surface area contributed by atoms with Crippen molar-refractivity contribution < 1.29 is 9.59 Å². The molecule has 1 saturated heterocycles. The number of nitrogen functional groups attached to an aromatic ring is 1. The van der Waals surface area contributed by atoms with E-state index in [9.17, 15) is 9.59 Å². The van der Waals surface area contributed by atoms with Crippen LogP contribution in [-0.2, 0) is 9.59 Å². The zero-order chi connectivity index (χ0) is 17.8. The van der Waals surface area contributed by atoms with Crippen molar-refractivity contribution in [2.45, 2.75) is 0 Å². The number of hydrogen-bond acceptors (Lipinski definition) is 4. The van der Waals surface area contributed by atoms with E-state index in [4.69, 9.17) is 17.3 Å². The monoisotopic (exact) mass is 358 g/mol. The molecule has 6 nitrogen and oxygen atoms in total. The lowest BCUT2D eigenvalue weighted by atomic mass is 10.2. The summed E-state index contributed by atoms with van der Waals surface area (Å²) < 4.78 is 0. The Balaban J connectivity index is 1.57. The van der Waals surface area contributed by atoms with E-state index in [0.717, 1.165) is 5.69 Å². The largest absolute Gasteiger partial charge is 0.399 e. The Morgan fingerprint density at radius 2 is 1.68 bits per heavy atom. The number of halogens is 1. The van der Waals surface area contributed by atoms with Crippen LogP contribution in [0.25, 0.3) is 0 Å². The Hall–Kier alpha value is -2.73.